The lowest BCUT2D eigenvalue weighted by molar-refractivity contribution is 0.298. The summed E-state index contributed by atoms with van der Waals surface area (Å²) < 4.78 is 19.2. The molecule has 0 aromatic heterocycles. The van der Waals surface area contributed by atoms with Crippen LogP contribution in [0, 0.1) is 5.82 Å². The summed E-state index contributed by atoms with van der Waals surface area (Å²) in [6.07, 6.45) is 4.71. The van der Waals surface area contributed by atoms with Gasteiger partial charge in [-0.15, -0.1) is 23.5 Å². The van der Waals surface area contributed by atoms with Gasteiger partial charge < -0.3 is 4.74 Å². The second-order valence-corrected chi connectivity index (χ2v) is 4.63. The van der Waals surface area contributed by atoms with Gasteiger partial charge in [0.15, 0.2) is 11.6 Å². The van der Waals surface area contributed by atoms with E-state index in [1.54, 1.807) is 17.8 Å². The third-order valence-electron chi connectivity index (χ3n) is 1.91. The summed E-state index contributed by atoms with van der Waals surface area (Å²) in [5, 5.41) is 0. The SMILES string of the molecule is CCCOc1ccc(SC)c(SC)c1F. The molecule has 0 fully saturated rings. The molecule has 0 aliphatic carbocycles. The van der Waals surface area contributed by atoms with Crippen molar-refractivity contribution in [2.45, 2.75) is 23.1 Å². The van der Waals surface area contributed by atoms with E-state index < -0.39 is 0 Å². The second kappa shape index (κ2) is 6.28. The molecule has 1 aromatic rings. The van der Waals surface area contributed by atoms with Crippen LogP contribution in [0.1, 0.15) is 13.3 Å². The predicted molar refractivity (Wildman–Crippen MR) is 65.7 cm³/mol. The summed E-state index contributed by atoms with van der Waals surface area (Å²) in [7, 11) is 0. The van der Waals surface area contributed by atoms with Crippen LogP contribution in [-0.4, -0.2) is 19.1 Å². The first kappa shape index (κ1) is 12.7. The number of halogens is 1. The Balaban J connectivity index is 3.00. The predicted octanol–water partition coefficient (Wildman–Crippen LogP) is 4.06. The van der Waals surface area contributed by atoms with Crippen LogP contribution in [-0.2, 0) is 0 Å². The molecule has 1 aromatic carbocycles. The van der Waals surface area contributed by atoms with E-state index in [9.17, 15) is 4.39 Å². The highest BCUT2D eigenvalue weighted by atomic mass is 32.2. The quantitative estimate of drug-likeness (QED) is 0.725. The molecule has 15 heavy (non-hydrogen) atoms. The Labute approximate surface area is 98.8 Å². The molecule has 0 N–H and O–H groups in total. The standard InChI is InChI=1S/C11H15FOS2/c1-4-7-13-8-5-6-9(14-2)11(15-3)10(8)12/h5-6H,4,7H2,1-3H3. The Morgan fingerprint density at radius 3 is 2.53 bits per heavy atom. The fourth-order valence-electron chi connectivity index (χ4n) is 1.19. The van der Waals surface area contributed by atoms with Crippen LogP contribution in [0.5, 0.6) is 5.75 Å². The minimum atomic E-state index is -0.234. The molecule has 0 saturated heterocycles. The van der Waals surface area contributed by atoms with Gasteiger partial charge in [0, 0.05) is 4.90 Å². The van der Waals surface area contributed by atoms with E-state index in [2.05, 4.69) is 0 Å². The van der Waals surface area contributed by atoms with Gasteiger partial charge in [-0.3, -0.25) is 0 Å². The zero-order valence-electron chi connectivity index (χ0n) is 9.17. The molecule has 0 bridgehead atoms. The third kappa shape index (κ3) is 3.05. The van der Waals surface area contributed by atoms with Crippen molar-refractivity contribution in [2.24, 2.45) is 0 Å². The maximum Gasteiger partial charge on any atom is 0.179 e. The highest BCUT2D eigenvalue weighted by molar-refractivity contribution is 8.01. The first-order valence-electron chi connectivity index (χ1n) is 4.77. The summed E-state index contributed by atoms with van der Waals surface area (Å²) in [4.78, 5) is 1.64. The van der Waals surface area contributed by atoms with Crippen molar-refractivity contribution >= 4 is 23.5 Å². The highest BCUT2D eigenvalue weighted by Gasteiger charge is 2.12. The van der Waals surface area contributed by atoms with Crippen molar-refractivity contribution in [1.29, 1.82) is 0 Å². The lowest BCUT2D eigenvalue weighted by atomic mass is 10.3. The molecule has 0 amide bonds. The molecular weight excluding hydrogens is 231 g/mol. The smallest absolute Gasteiger partial charge is 0.179 e. The maximum atomic E-state index is 13.9. The van der Waals surface area contributed by atoms with Gasteiger partial charge in [0.25, 0.3) is 0 Å². The van der Waals surface area contributed by atoms with Crippen LogP contribution < -0.4 is 4.74 Å². The Morgan fingerprint density at radius 1 is 1.27 bits per heavy atom. The monoisotopic (exact) mass is 246 g/mol. The van der Waals surface area contributed by atoms with E-state index in [0.29, 0.717) is 17.3 Å². The Hall–Kier alpha value is -0.350. The molecule has 0 aliphatic rings. The van der Waals surface area contributed by atoms with Gasteiger partial charge in [0.05, 0.1) is 11.5 Å². The number of benzene rings is 1. The molecule has 0 radical (unpaired) electrons. The average Bonchev–Trinajstić information content (AvgIpc) is 2.27. The maximum absolute atomic E-state index is 13.9. The zero-order chi connectivity index (χ0) is 11.3. The highest BCUT2D eigenvalue weighted by Crippen LogP contribution is 2.35. The Morgan fingerprint density at radius 2 is 2.00 bits per heavy atom. The van der Waals surface area contributed by atoms with Crippen LogP contribution in [0.25, 0.3) is 0 Å². The van der Waals surface area contributed by atoms with Gasteiger partial charge in [0.1, 0.15) is 0 Å². The van der Waals surface area contributed by atoms with Gasteiger partial charge in [-0.25, -0.2) is 4.39 Å². The molecule has 0 heterocycles. The van der Waals surface area contributed by atoms with E-state index in [1.165, 1.54) is 11.8 Å². The van der Waals surface area contributed by atoms with Crippen molar-refractivity contribution < 1.29 is 9.13 Å². The average molecular weight is 246 g/mol. The molecule has 84 valence electrons. The third-order valence-corrected chi connectivity index (χ3v) is 3.63. The van der Waals surface area contributed by atoms with E-state index in [1.807, 2.05) is 25.5 Å². The van der Waals surface area contributed by atoms with Crippen LogP contribution >= 0.6 is 23.5 Å². The molecule has 0 atom stereocenters. The summed E-state index contributed by atoms with van der Waals surface area (Å²) in [6, 6.07) is 3.61. The number of hydrogen-bond acceptors (Lipinski definition) is 3. The van der Waals surface area contributed by atoms with Crippen molar-refractivity contribution in [1.82, 2.24) is 0 Å². The zero-order valence-corrected chi connectivity index (χ0v) is 10.8. The summed E-state index contributed by atoms with van der Waals surface area (Å²) >= 11 is 2.97. The van der Waals surface area contributed by atoms with Gasteiger partial charge in [-0.1, -0.05) is 6.92 Å². The molecule has 0 aliphatic heterocycles. The van der Waals surface area contributed by atoms with E-state index in [-0.39, 0.29) is 5.82 Å². The molecule has 0 saturated carbocycles. The first-order valence-corrected chi connectivity index (χ1v) is 7.22. The van der Waals surface area contributed by atoms with E-state index in [4.69, 9.17) is 4.74 Å². The van der Waals surface area contributed by atoms with Crippen molar-refractivity contribution in [3.05, 3.63) is 17.9 Å². The molecular formula is C11H15FOS2. The lowest BCUT2D eigenvalue weighted by Gasteiger charge is -2.11. The molecule has 0 unspecified atom stereocenters. The van der Waals surface area contributed by atoms with Crippen molar-refractivity contribution in [3.63, 3.8) is 0 Å². The lowest BCUT2D eigenvalue weighted by Crippen LogP contribution is -1.99. The fourth-order valence-corrected chi connectivity index (χ4v) is 2.72. The summed E-state index contributed by atoms with van der Waals surface area (Å²) in [5.41, 5.74) is 0. The first-order chi connectivity index (χ1) is 7.24. The molecule has 1 nitrogen and oxygen atoms in total. The van der Waals surface area contributed by atoms with Crippen LogP contribution in [0.2, 0.25) is 0 Å². The Bertz CT molecular complexity index is 329. The van der Waals surface area contributed by atoms with Gasteiger partial charge in [-0.05, 0) is 31.1 Å². The van der Waals surface area contributed by atoms with Crippen molar-refractivity contribution in [2.75, 3.05) is 19.1 Å². The summed E-state index contributed by atoms with van der Waals surface area (Å²) in [6.45, 7) is 2.56. The van der Waals surface area contributed by atoms with Crippen molar-refractivity contribution in [3.8, 4) is 5.75 Å². The molecule has 1 rings (SSSR count). The topological polar surface area (TPSA) is 9.23 Å². The number of thioether (sulfide) groups is 2. The normalized spacial score (nSPS) is 10.4. The van der Waals surface area contributed by atoms with Crippen LogP contribution in [0.15, 0.2) is 21.9 Å². The number of rotatable bonds is 5. The molecule has 0 spiro atoms. The van der Waals surface area contributed by atoms with Crippen LogP contribution in [0.4, 0.5) is 4.39 Å². The van der Waals surface area contributed by atoms with Gasteiger partial charge in [0.2, 0.25) is 0 Å². The van der Waals surface area contributed by atoms with Gasteiger partial charge >= 0.3 is 0 Å². The number of ether oxygens (including phenoxy) is 1. The van der Waals surface area contributed by atoms with E-state index >= 15 is 0 Å². The fraction of sp³-hybridized carbons (Fsp3) is 0.455. The minimum absolute atomic E-state index is 0.234. The largest absolute Gasteiger partial charge is 0.490 e. The van der Waals surface area contributed by atoms with Gasteiger partial charge in [-0.2, -0.15) is 0 Å². The minimum Gasteiger partial charge on any atom is -0.490 e. The molecule has 4 heteroatoms. The number of hydrogen-bond donors (Lipinski definition) is 0. The van der Waals surface area contributed by atoms with Crippen LogP contribution in [0.3, 0.4) is 0 Å². The summed E-state index contributed by atoms with van der Waals surface area (Å²) in [5.74, 6) is 0.127. The Kier molecular flexibility index (Phi) is 5.32. The second-order valence-electron chi connectivity index (χ2n) is 2.96. The van der Waals surface area contributed by atoms with E-state index in [0.717, 1.165) is 11.3 Å².